The summed E-state index contributed by atoms with van der Waals surface area (Å²) in [5.41, 5.74) is 0.482. The molecule has 5 unspecified atom stereocenters. The molecule has 2 aliphatic heterocycles. The number of likely N-dealkylation sites (tertiary alicyclic amines) is 2. The second kappa shape index (κ2) is 11.2. The van der Waals surface area contributed by atoms with Gasteiger partial charge in [0.25, 0.3) is 0 Å². The molecule has 5 atom stereocenters. The Bertz CT molecular complexity index is 912. The van der Waals surface area contributed by atoms with E-state index in [2.05, 4.69) is 15.5 Å². The molecule has 4 rings (SSSR count). The van der Waals surface area contributed by atoms with Gasteiger partial charge in [0.1, 0.15) is 11.9 Å². The van der Waals surface area contributed by atoms with Gasteiger partial charge in [0.2, 0.25) is 11.8 Å². The summed E-state index contributed by atoms with van der Waals surface area (Å²) in [6.45, 7) is 9.63. The van der Waals surface area contributed by atoms with E-state index in [0.717, 1.165) is 18.5 Å². The van der Waals surface area contributed by atoms with E-state index in [9.17, 15) is 14.0 Å². The minimum atomic E-state index is -0.627. The first-order valence-corrected chi connectivity index (χ1v) is 13.5. The normalized spacial score (nSPS) is 26.7. The summed E-state index contributed by atoms with van der Waals surface area (Å²) in [6, 6.07) is 6.16. The summed E-state index contributed by atoms with van der Waals surface area (Å²) in [7, 11) is 1.74. The zero-order valence-corrected chi connectivity index (χ0v) is 22.4. The number of nitrogens with one attached hydrogen (secondary N) is 2. The molecule has 3 aliphatic rings. The van der Waals surface area contributed by atoms with Crippen LogP contribution in [0.15, 0.2) is 24.3 Å². The van der Waals surface area contributed by atoms with Gasteiger partial charge in [-0.25, -0.2) is 4.39 Å². The molecule has 1 aromatic carbocycles. The van der Waals surface area contributed by atoms with Crippen LogP contribution in [-0.4, -0.2) is 78.1 Å². The van der Waals surface area contributed by atoms with Gasteiger partial charge in [-0.2, -0.15) is 0 Å². The molecule has 0 bridgehead atoms. The monoisotopic (exact) mass is 502 g/mol. The van der Waals surface area contributed by atoms with E-state index < -0.39 is 11.5 Å². The molecule has 36 heavy (non-hydrogen) atoms. The fraction of sp³-hybridized carbons (Fsp3) is 0.714. The van der Waals surface area contributed by atoms with Crippen LogP contribution < -0.4 is 10.6 Å². The van der Waals surface area contributed by atoms with Crippen molar-refractivity contribution in [2.45, 2.75) is 103 Å². The molecule has 7 nitrogen and oxygen atoms in total. The smallest absolute Gasteiger partial charge is 0.246 e. The van der Waals surface area contributed by atoms with Crippen molar-refractivity contribution in [2.24, 2.45) is 5.41 Å². The number of carbonyl (C=O) groups excluding carboxylic acids is 2. The molecule has 0 aromatic heterocycles. The third-order valence-electron chi connectivity index (χ3n) is 8.30. The summed E-state index contributed by atoms with van der Waals surface area (Å²) in [6.07, 6.45) is 5.70. The average Bonchev–Trinajstić information content (AvgIpc) is 3.58. The summed E-state index contributed by atoms with van der Waals surface area (Å²) in [5, 5.41) is 5.99. The molecule has 2 amide bonds. The van der Waals surface area contributed by atoms with Crippen molar-refractivity contribution in [3.63, 3.8) is 0 Å². The van der Waals surface area contributed by atoms with Gasteiger partial charge in [-0.3, -0.25) is 14.5 Å². The van der Waals surface area contributed by atoms with Crippen molar-refractivity contribution < 1.29 is 18.7 Å². The highest BCUT2D eigenvalue weighted by atomic mass is 19.1. The molecular weight excluding hydrogens is 459 g/mol. The molecule has 0 radical (unpaired) electrons. The van der Waals surface area contributed by atoms with Gasteiger partial charge >= 0.3 is 0 Å². The van der Waals surface area contributed by atoms with Crippen LogP contribution in [0.25, 0.3) is 0 Å². The zero-order chi connectivity index (χ0) is 26.0. The van der Waals surface area contributed by atoms with Gasteiger partial charge in [-0.1, -0.05) is 45.7 Å². The lowest BCUT2D eigenvalue weighted by Crippen LogP contribution is -2.59. The summed E-state index contributed by atoms with van der Waals surface area (Å²) < 4.78 is 19.8. The molecule has 8 heteroatoms. The Balaban J connectivity index is 1.55. The van der Waals surface area contributed by atoms with E-state index in [-0.39, 0.29) is 41.9 Å². The van der Waals surface area contributed by atoms with Crippen molar-refractivity contribution in [3.8, 4) is 0 Å². The number of amides is 2. The Labute approximate surface area is 215 Å². The molecule has 1 aliphatic carbocycles. The Kier molecular flexibility index (Phi) is 8.37. The molecule has 0 spiro atoms. The van der Waals surface area contributed by atoms with Crippen molar-refractivity contribution in [2.75, 3.05) is 20.1 Å². The highest BCUT2D eigenvalue weighted by Gasteiger charge is 2.54. The van der Waals surface area contributed by atoms with Crippen molar-refractivity contribution >= 4 is 11.8 Å². The third-order valence-corrected chi connectivity index (χ3v) is 8.30. The third kappa shape index (κ3) is 5.76. The number of ether oxygens (including phenoxy) is 1. The first kappa shape index (κ1) is 27.0. The second-order valence-corrected chi connectivity index (χ2v) is 11.8. The minimum absolute atomic E-state index is 0.0321. The molecule has 2 N–H and O–H groups in total. The van der Waals surface area contributed by atoms with Crippen LogP contribution in [0, 0.1) is 11.2 Å². The number of likely N-dealkylation sites (N-methyl/N-ethyl adjacent to an activating group) is 1. The molecular formula is C28H43FN4O3. The quantitative estimate of drug-likeness (QED) is 0.572. The van der Waals surface area contributed by atoms with E-state index in [1.807, 2.05) is 25.7 Å². The number of fused-ring (bicyclic) bond motifs is 1. The van der Waals surface area contributed by atoms with E-state index >= 15 is 0 Å². The maximum absolute atomic E-state index is 14.0. The van der Waals surface area contributed by atoms with Crippen LogP contribution in [0.4, 0.5) is 4.39 Å². The lowest BCUT2D eigenvalue weighted by atomic mass is 9.85. The number of rotatable bonds is 8. The first-order chi connectivity index (χ1) is 17.1. The predicted octanol–water partition coefficient (Wildman–Crippen LogP) is 3.08. The lowest BCUT2D eigenvalue weighted by molar-refractivity contribution is -0.142. The molecule has 1 aromatic rings. The number of halogens is 1. The van der Waals surface area contributed by atoms with E-state index in [0.29, 0.717) is 19.2 Å². The maximum Gasteiger partial charge on any atom is 0.246 e. The summed E-state index contributed by atoms with van der Waals surface area (Å²) in [5.74, 6) is -0.470. The molecule has 3 fully saturated rings. The van der Waals surface area contributed by atoms with Gasteiger partial charge in [0, 0.05) is 25.2 Å². The standard InChI is InChI=1S/C28H43FN4O3/c1-18(30-5)26(34)31-25(28(2,3)4)27(35)32-15-14-22-24(32)23(16-33(22)21-8-6-7-9-21)36-17-19-10-12-20(29)13-11-19/h10-13,18,21-25,30H,6-9,14-17H2,1-5H3,(H,31,34). The topological polar surface area (TPSA) is 73.9 Å². The minimum Gasteiger partial charge on any atom is -0.370 e. The van der Waals surface area contributed by atoms with Crippen molar-refractivity contribution in [3.05, 3.63) is 35.6 Å². The van der Waals surface area contributed by atoms with Crippen LogP contribution in [0.3, 0.4) is 0 Å². The van der Waals surface area contributed by atoms with E-state index in [1.165, 1.54) is 37.8 Å². The Morgan fingerprint density at radius 3 is 2.42 bits per heavy atom. The Morgan fingerprint density at radius 1 is 1.14 bits per heavy atom. The van der Waals surface area contributed by atoms with Crippen molar-refractivity contribution in [1.29, 1.82) is 0 Å². The number of nitrogens with zero attached hydrogens (tertiary/aromatic N) is 2. The first-order valence-electron chi connectivity index (χ1n) is 13.5. The van der Waals surface area contributed by atoms with Crippen molar-refractivity contribution in [1.82, 2.24) is 20.4 Å². The molecule has 2 heterocycles. The predicted molar refractivity (Wildman–Crippen MR) is 138 cm³/mol. The molecule has 1 saturated carbocycles. The van der Waals surface area contributed by atoms with Crippen LogP contribution in [-0.2, 0) is 20.9 Å². The highest BCUT2D eigenvalue weighted by molar-refractivity contribution is 5.90. The Morgan fingerprint density at radius 2 is 1.81 bits per heavy atom. The Hall–Kier alpha value is -2.03. The van der Waals surface area contributed by atoms with Gasteiger partial charge in [0.15, 0.2) is 0 Å². The summed E-state index contributed by atoms with van der Waals surface area (Å²) >= 11 is 0. The molecule has 2 saturated heterocycles. The van der Waals surface area contributed by atoms with Gasteiger partial charge in [-0.15, -0.1) is 0 Å². The van der Waals surface area contributed by atoms with Gasteiger partial charge < -0.3 is 20.3 Å². The fourth-order valence-corrected chi connectivity index (χ4v) is 6.12. The highest BCUT2D eigenvalue weighted by Crippen LogP contribution is 2.39. The van der Waals surface area contributed by atoms with Gasteiger partial charge in [-0.05, 0) is 56.3 Å². The lowest BCUT2D eigenvalue weighted by Gasteiger charge is -2.37. The van der Waals surface area contributed by atoms with Crippen LogP contribution in [0.2, 0.25) is 0 Å². The number of carbonyl (C=O) groups is 2. The van der Waals surface area contributed by atoms with Crippen LogP contribution in [0.5, 0.6) is 0 Å². The SMILES string of the molecule is CNC(C)C(=O)NC(C(=O)N1CCC2C1C(OCc1ccc(F)cc1)CN2C1CCCC1)C(C)(C)C. The summed E-state index contributed by atoms with van der Waals surface area (Å²) in [4.78, 5) is 31.4. The number of hydrogen-bond acceptors (Lipinski definition) is 5. The average molecular weight is 503 g/mol. The zero-order valence-electron chi connectivity index (χ0n) is 22.4. The number of benzene rings is 1. The number of hydrogen-bond donors (Lipinski definition) is 2. The van der Waals surface area contributed by atoms with E-state index in [1.54, 1.807) is 26.1 Å². The van der Waals surface area contributed by atoms with Crippen LogP contribution in [0.1, 0.15) is 65.4 Å². The largest absolute Gasteiger partial charge is 0.370 e. The van der Waals surface area contributed by atoms with E-state index in [4.69, 9.17) is 4.74 Å². The van der Waals surface area contributed by atoms with Crippen LogP contribution >= 0.6 is 0 Å². The second-order valence-electron chi connectivity index (χ2n) is 11.8. The fourth-order valence-electron chi connectivity index (χ4n) is 6.12. The molecule has 200 valence electrons. The van der Waals surface area contributed by atoms with Gasteiger partial charge in [0.05, 0.1) is 24.8 Å². The maximum atomic E-state index is 14.0.